The van der Waals surface area contributed by atoms with Gasteiger partial charge in [-0.25, -0.2) is 9.97 Å². The predicted octanol–water partition coefficient (Wildman–Crippen LogP) is 2.49. The number of thioether (sulfide) groups is 1. The third-order valence-electron chi connectivity index (χ3n) is 3.89. The van der Waals surface area contributed by atoms with Crippen molar-refractivity contribution in [1.82, 2.24) is 9.97 Å². The number of carbonyl (C=O) groups excluding carboxylic acids is 2. The molecule has 3 N–H and O–H groups in total. The van der Waals surface area contributed by atoms with E-state index < -0.39 is 5.91 Å². The zero-order valence-corrected chi connectivity index (χ0v) is 14.9. The molecule has 0 saturated carbocycles. The first-order chi connectivity index (χ1) is 11.5. The topological polar surface area (TPSA) is 98.0 Å². The number of nitrogens with zero attached hydrogens (tertiary/aromatic N) is 2. The molecule has 6 nitrogen and oxygen atoms in total. The van der Waals surface area contributed by atoms with Crippen LogP contribution >= 0.6 is 23.1 Å². The maximum atomic E-state index is 12.2. The lowest BCUT2D eigenvalue weighted by molar-refractivity contribution is -0.113. The van der Waals surface area contributed by atoms with Gasteiger partial charge in [0.05, 0.1) is 11.3 Å². The summed E-state index contributed by atoms with van der Waals surface area (Å²) >= 11 is 2.72. The molecular formula is C16H18N4O2S2. The molecule has 2 amide bonds. The third kappa shape index (κ3) is 3.76. The summed E-state index contributed by atoms with van der Waals surface area (Å²) in [5.41, 5.74) is 7.05. The molecule has 1 aliphatic carbocycles. The minimum absolute atomic E-state index is 0.182. The van der Waals surface area contributed by atoms with E-state index in [9.17, 15) is 9.59 Å². The first-order valence-electron chi connectivity index (χ1n) is 7.68. The highest BCUT2D eigenvalue weighted by atomic mass is 32.2. The van der Waals surface area contributed by atoms with Crippen LogP contribution in [0.5, 0.6) is 0 Å². The summed E-state index contributed by atoms with van der Waals surface area (Å²) in [5.74, 6) is 0.102. The number of hydrogen-bond donors (Lipinski definition) is 2. The molecule has 0 bridgehead atoms. The molecule has 2 aromatic rings. The van der Waals surface area contributed by atoms with Crippen molar-refractivity contribution in [1.29, 1.82) is 0 Å². The zero-order valence-electron chi connectivity index (χ0n) is 13.2. The lowest BCUT2D eigenvalue weighted by Crippen LogP contribution is -2.20. The molecule has 8 heteroatoms. The number of thiophene rings is 1. The Morgan fingerprint density at radius 3 is 2.88 bits per heavy atom. The summed E-state index contributed by atoms with van der Waals surface area (Å²) in [5, 5.41) is 3.95. The van der Waals surface area contributed by atoms with E-state index in [-0.39, 0.29) is 11.7 Å². The average molecular weight is 362 g/mol. The van der Waals surface area contributed by atoms with Gasteiger partial charge < -0.3 is 11.1 Å². The van der Waals surface area contributed by atoms with Gasteiger partial charge in [0.1, 0.15) is 5.00 Å². The average Bonchev–Trinajstić information content (AvgIpc) is 2.90. The summed E-state index contributed by atoms with van der Waals surface area (Å²) < 4.78 is 0. The van der Waals surface area contributed by atoms with Crippen LogP contribution in [-0.4, -0.2) is 27.5 Å². The molecule has 126 valence electrons. The van der Waals surface area contributed by atoms with Crippen molar-refractivity contribution in [3.05, 3.63) is 34.5 Å². The number of amides is 2. The van der Waals surface area contributed by atoms with Gasteiger partial charge >= 0.3 is 0 Å². The highest BCUT2D eigenvalue weighted by Crippen LogP contribution is 2.39. The normalized spacial score (nSPS) is 16.5. The lowest BCUT2D eigenvalue weighted by atomic mass is 9.88. The molecule has 2 heterocycles. The van der Waals surface area contributed by atoms with Crippen LogP contribution in [0.2, 0.25) is 0 Å². The van der Waals surface area contributed by atoms with Crippen LogP contribution in [0.4, 0.5) is 5.00 Å². The number of anilines is 1. The smallest absolute Gasteiger partial charge is 0.251 e. The van der Waals surface area contributed by atoms with Gasteiger partial charge in [0, 0.05) is 17.3 Å². The maximum absolute atomic E-state index is 12.2. The van der Waals surface area contributed by atoms with Crippen LogP contribution in [0, 0.1) is 5.92 Å². The second kappa shape index (κ2) is 7.31. The van der Waals surface area contributed by atoms with Crippen molar-refractivity contribution in [2.45, 2.75) is 31.3 Å². The summed E-state index contributed by atoms with van der Waals surface area (Å²) in [4.78, 5) is 33.3. The third-order valence-corrected chi connectivity index (χ3v) is 5.93. The molecule has 3 rings (SSSR count). The molecule has 0 unspecified atom stereocenters. The van der Waals surface area contributed by atoms with Crippen molar-refractivity contribution in [3.63, 3.8) is 0 Å². The molecule has 0 saturated heterocycles. The molecule has 0 aromatic carbocycles. The number of hydrogen-bond acceptors (Lipinski definition) is 6. The van der Waals surface area contributed by atoms with Gasteiger partial charge in [0.2, 0.25) is 5.91 Å². The van der Waals surface area contributed by atoms with E-state index in [1.165, 1.54) is 23.1 Å². The van der Waals surface area contributed by atoms with E-state index in [1.54, 1.807) is 18.5 Å². The minimum atomic E-state index is -0.476. The van der Waals surface area contributed by atoms with Crippen LogP contribution in [0.25, 0.3) is 0 Å². The fraction of sp³-hybridized carbons (Fsp3) is 0.375. The quantitative estimate of drug-likeness (QED) is 0.629. The number of aromatic nitrogens is 2. The molecule has 1 aliphatic rings. The second-order valence-electron chi connectivity index (χ2n) is 5.79. The fourth-order valence-corrected chi connectivity index (χ4v) is 4.79. The van der Waals surface area contributed by atoms with E-state index >= 15 is 0 Å². The molecule has 0 aliphatic heterocycles. The molecular weight excluding hydrogens is 344 g/mol. The Morgan fingerprint density at radius 2 is 2.17 bits per heavy atom. The lowest BCUT2D eigenvalue weighted by Gasteiger charge is -2.18. The SMILES string of the molecule is C[C@@H]1CCc2c(sc(NC(=O)CSc3ncccn3)c2C(N)=O)C1. The standard InChI is InChI=1S/C16H18N4O2S2/c1-9-3-4-10-11(7-9)24-15(13(10)14(17)22)20-12(21)8-23-16-18-5-2-6-19-16/h2,5-6,9H,3-4,7-8H2,1H3,(H2,17,22)(H,20,21)/t9-/m1/s1. The summed E-state index contributed by atoms with van der Waals surface area (Å²) in [6, 6.07) is 1.72. The predicted molar refractivity (Wildman–Crippen MR) is 95.4 cm³/mol. The second-order valence-corrected chi connectivity index (χ2v) is 7.84. The van der Waals surface area contributed by atoms with Crippen molar-refractivity contribution >= 4 is 39.9 Å². The Morgan fingerprint density at radius 1 is 1.42 bits per heavy atom. The number of primary amides is 1. The molecule has 2 aromatic heterocycles. The van der Waals surface area contributed by atoms with Gasteiger partial charge in [-0.05, 0) is 36.8 Å². The van der Waals surface area contributed by atoms with Gasteiger partial charge in [0.15, 0.2) is 5.16 Å². The number of rotatable bonds is 5. The maximum Gasteiger partial charge on any atom is 0.251 e. The largest absolute Gasteiger partial charge is 0.365 e. The van der Waals surface area contributed by atoms with Crippen LogP contribution in [-0.2, 0) is 17.6 Å². The van der Waals surface area contributed by atoms with Crippen molar-refractivity contribution in [3.8, 4) is 0 Å². The highest BCUT2D eigenvalue weighted by Gasteiger charge is 2.27. The van der Waals surface area contributed by atoms with Crippen molar-refractivity contribution < 1.29 is 9.59 Å². The molecule has 0 fully saturated rings. The Kier molecular flexibility index (Phi) is 5.15. The molecule has 24 heavy (non-hydrogen) atoms. The Balaban J connectivity index is 1.72. The Hall–Kier alpha value is -1.93. The van der Waals surface area contributed by atoms with E-state index in [1.807, 2.05) is 0 Å². The Bertz CT molecular complexity index is 761. The van der Waals surface area contributed by atoms with Crippen molar-refractivity contribution in [2.75, 3.05) is 11.1 Å². The molecule has 0 spiro atoms. The Labute approximate surface area is 148 Å². The molecule has 0 radical (unpaired) electrons. The first kappa shape index (κ1) is 16.9. The van der Waals surface area contributed by atoms with Gasteiger partial charge in [-0.2, -0.15) is 0 Å². The van der Waals surface area contributed by atoms with Crippen LogP contribution in [0.1, 0.15) is 34.1 Å². The van der Waals surface area contributed by atoms with Crippen LogP contribution in [0.15, 0.2) is 23.6 Å². The number of nitrogens with one attached hydrogen (secondary N) is 1. The van der Waals surface area contributed by atoms with Crippen molar-refractivity contribution in [2.24, 2.45) is 11.7 Å². The van der Waals surface area contributed by atoms with E-state index in [2.05, 4.69) is 22.2 Å². The van der Waals surface area contributed by atoms with E-state index in [0.717, 1.165) is 29.7 Å². The fourth-order valence-electron chi connectivity index (χ4n) is 2.75. The first-order valence-corrected chi connectivity index (χ1v) is 9.48. The summed E-state index contributed by atoms with van der Waals surface area (Å²) in [6.45, 7) is 2.20. The minimum Gasteiger partial charge on any atom is -0.365 e. The van der Waals surface area contributed by atoms with Gasteiger partial charge in [0.25, 0.3) is 5.91 Å². The number of fused-ring (bicyclic) bond motifs is 1. The number of nitrogens with two attached hydrogens (primary N) is 1. The van der Waals surface area contributed by atoms with E-state index in [4.69, 9.17) is 5.73 Å². The monoisotopic (exact) mass is 362 g/mol. The zero-order chi connectivity index (χ0) is 17.1. The highest BCUT2D eigenvalue weighted by molar-refractivity contribution is 7.99. The summed E-state index contributed by atoms with van der Waals surface area (Å²) in [6.07, 6.45) is 6.08. The van der Waals surface area contributed by atoms with E-state index in [0.29, 0.717) is 21.6 Å². The van der Waals surface area contributed by atoms with Gasteiger partial charge in [-0.3, -0.25) is 9.59 Å². The summed E-state index contributed by atoms with van der Waals surface area (Å²) in [7, 11) is 0. The number of carbonyl (C=O) groups is 2. The van der Waals surface area contributed by atoms with Crippen LogP contribution < -0.4 is 11.1 Å². The van der Waals surface area contributed by atoms with Crippen LogP contribution in [0.3, 0.4) is 0 Å². The molecule has 1 atom stereocenters. The van der Waals surface area contributed by atoms with Gasteiger partial charge in [-0.1, -0.05) is 18.7 Å². The van der Waals surface area contributed by atoms with Gasteiger partial charge in [-0.15, -0.1) is 11.3 Å².